The molecule has 0 aromatic heterocycles. The van der Waals surface area contributed by atoms with Gasteiger partial charge >= 0.3 is 5.97 Å². The van der Waals surface area contributed by atoms with Crippen LogP contribution >= 0.6 is 0 Å². The van der Waals surface area contributed by atoms with E-state index in [2.05, 4.69) is 4.74 Å². The molecule has 1 rings (SSSR count). The normalized spacial score (nSPS) is 11.8. The van der Waals surface area contributed by atoms with Gasteiger partial charge in [0.15, 0.2) is 11.5 Å². The summed E-state index contributed by atoms with van der Waals surface area (Å²) in [6, 6.07) is 5.46. The Balaban J connectivity index is 2.61. The number of esters is 1. The summed E-state index contributed by atoms with van der Waals surface area (Å²) in [4.78, 5) is 11.0. The molecule has 5 nitrogen and oxygen atoms in total. The highest BCUT2D eigenvalue weighted by molar-refractivity contribution is 5.69. The molecule has 1 atom stereocenters. The number of nitrogens with two attached hydrogens (primary N) is 1. The lowest BCUT2D eigenvalue weighted by atomic mass is 10.0. The summed E-state index contributed by atoms with van der Waals surface area (Å²) in [5.74, 6) is 1.12. The van der Waals surface area contributed by atoms with E-state index in [1.807, 2.05) is 18.2 Å². The van der Waals surface area contributed by atoms with Crippen molar-refractivity contribution in [1.82, 2.24) is 0 Å². The molecule has 5 heteroatoms. The highest BCUT2D eigenvalue weighted by Crippen LogP contribution is 2.30. The molecule has 0 fully saturated rings. The summed E-state index contributed by atoms with van der Waals surface area (Å²) in [6.45, 7) is 0. The van der Waals surface area contributed by atoms with Crippen molar-refractivity contribution in [2.24, 2.45) is 5.73 Å². The van der Waals surface area contributed by atoms with Gasteiger partial charge in [-0.05, 0) is 30.5 Å². The van der Waals surface area contributed by atoms with Crippen molar-refractivity contribution in [3.63, 3.8) is 0 Å². The minimum absolute atomic E-state index is 0.135. The quantitative estimate of drug-likeness (QED) is 0.765. The largest absolute Gasteiger partial charge is 0.493 e. The molecule has 0 spiro atoms. The smallest absolute Gasteiger partial charge is 0.305 e. The molecule has 0 aliphatic carbocycles. The van der Waals surface area contributed by atoms with Crippen molar-refractivity contribution < 1.29 is 19.0 Å². The van der Waals surface area contributed by atoms with Gasteiger partial charge in [-0.1, -0.05) is 6.07 Å². The number of benzene rings is 1. The number of hydrogen-bond donors (Lipinski definition) is 1. The van der Waals surface area contributed by atoms with Crippen LogP contribution in [-0.2, 0) is 9.53 Å². The van der Waals surface area contributed by atoms with Gasteiger partial charge in [-0.3, -0.25) is 4.79 Å². The lowest BCUT2D eigenvalue weighted by Gasteiger charge is -2.14. The van der Waals surface area contributed by atoms with Gasteiger partial charge in [-0.15, -0.1) is 0 Å². The molecule has 0 saturated carbocycles. The highest BCUT2D eigenvalue weighted by atomic mass is 16.5. The van der Waals surface area contributed by atoms with Crippen LogP contribution in [0.3, 0.4) is 0 Å². The Bertz CT molecular complexity index is 420. The Labute approximate surface area is 113 Å². The van der Waals surface area contributed by atoms with Crippen molar-refractivity contribution in [3.05, 3.63) is 23.8 Å². The first kappa shape index (κ1) is 15.3. The molecule has 1 aromatic rings. The van der Waals surface area contributed by atoms with Crippen LogP contribution in [0.5, 0.6) is 11.5 Å². The molecule has 1 unspecified atom stereocenters. The van der Waals surface area contributed by atoms with E-state index in [0.29, 0.717) is 30.8 Å². The van der Waals surface area contributed by atoms with Crippen molar-refractivity contribution in [2.75, 3.05) is 21.3 Å². The molecule has 0 aliphatic rings. The lowest BCUT2D eigenvalue weighted by molar-refractivity contribution is -0.140. The number of ether oxygens (including phenoxy) is 3. The maximum Gasteiger partial charge on any atom is 0.305 e. The summed E-state index contributed by atoms with van der Waals surface area (Å²) in [5.41, 5.74) is 7.05. The minimum Gasteiger partial charge on any atom is -0.493 e. The van der Waals surface area contributed by atoms with Gasteiger partial charge in [0, 0.05) is 12.5 Å². The average Bonchev–Trinajstić information content (AvgIpc) is 2.45. The first-order valence-corrected chi connectivity index (χ1v) is 6.16. The average molecular weight is 267 g/mol. The molecular weight excluding hydrogens is 246 g/mol. The Morgan fingerprint density at radius 3 is 2.47 bits per heavy atom. The maximum absolute atomic E-state index is 11.0. The number of rotatable bonds is 7. The van der Waals surface area contributed by atoms with E-state index in [0.717, 1.165) is 5.56 Å². The fourth-order valence-corrected chi connectivity index (χ4v) is 1.82. The SMILES string of the molecule is COC(=O)CCCC(N)c1ccc(OC)c(OC)c1. The lowest BCUT2D eigenvalue weighted by Crippen LogP contribution is -2.11. The molecule has 0 aliphatic heterocycles. The molecule has 0 saturated heterocycles. The van der Waals surface area contributed by atoms with E-state index < -0.39 is 0 Å². The molecular formula is C14H21NO4. The predicted octanol–water partition coefficient (Wildman–Crippen LogP) is 2.05. The first-order chi connectivity index (χ1) is 9.12. The fraction of sp³-hybridized carbons (Fsp3) is 0.500. The minimum atomic E-state index is -0.209. The summed E-state index contributed by atoms with van der Waals surface area (Å²) in [5, 5.41) is 0. The summed E-state index contributed by atoms with van der Waals surface area (Å²) in [7, 11) is 4.56. The zero-order chi connectivity index (χ0) is 14.3. The van der Waals surface area contributed by atoms with Crippen molar-refractivity contribution >= 4 is 5.97 Å². The van der Waals surface area contributed by atoms with Gasteiger partial charge in [-0.25, -0.2) is 0 Å². The van der Waals surface area contributed by atoms with E-state index in [-0.39, 0.29) is 12.0 Å². The topological polar surface area (TPSA) is 70.8 Å². The molecule has 0 amide bonds. The van der Waals surface area contributed by atoms with Crippen LogP contribution in [-0.4, -0.2) is 27.3 Å². The van der Waals surface area contributed by atoms with Crippen molar-refractivity contribution in [2.45, 2.75) is 25.3 Å². The van der Waals surface area contributed by atoms with Gasteiger partial charge in [0.05, 0.1) is 21.3 Å². The third-order valence-electron chi connectivity index (χ3n) is 2.96. The van der Waals surface area contributed by atoms with Crippen LogP contribution < -0.4 is 15.2 Å². The van der Waals surface area contributed by atoms with Gasteiger partial charge in [0.1, 0.15) is 0 Å². The molecule has 2 N–H and O–H groups in total. The molecule has 0 radical (unpaired) electrons. The zero-order valence-electron chi connectivity index (χ0n) is 11.6. The Hall–Kier alpha value is -1.75. The van der Waals surface area contributed by atoms with E-state index in [4.69, 9.17) is 15.2 Å². The monoisotopic (exact) mass is 267 g/mol. The summed E-state index contributed by atoms with van der Waals surface area (Å²) >= 11 is 0. The van der Waals surface area contributed by atoms with Crippen LogP contribution in [0.2, 0.25) is 0 Å². The highest BCUT2D eigenvalue weighted by Gasteiger charge is 2.11. The van der Waals surface area contributed by atoms with Crippen LogP contribution in [0.25, 0.3) is 0 Å². The number of methoxy groups -OCH3 is 3. The molecule has 0 heterocycles. The molecule has 0 bridgehead atoms. The van der Waals surface area contributed by atoms with Crippen LogP contribution in [0, 0.1) is 0 Å². The second-order valence-corrected chi connectivity index (χ2v) is 4.19. The van der Waals surface area contributed by atoms with E-state index in [1.54, 1.807) is 14.2 Å². The van der Waals surface area contributed by atoms with E-state index in [9.17, 15) is 4.79 Å². The van der Waals surface area contributed by atoms with Gasteiger partial charge in [-0.2, -0.15) is 0 Å². The molecule has 19 heavy (non-hydrogen) atoms. The summed E-state index contributed by atoms with van der Waals surface area (Å²) < 4.78 is 15.0. The van der Waals surface area contributed by atoms with Gasteiger partial charge in [0.25, 0.3) is 0 Å². The van der Waals surface area contributed by atoms with E-state index >= 15 is 0 Å². The van der Waals surface area contributed by atoms with Crippen LogP contribution in [0.15, 0.2) is 18.2 Å². The fourth-order valence-electron chi connectivity index (χ4n) is 1.82. The number of carbonyl (C=O) groups excluding carboxylic acids is 1. The Kier molecular flexibility index (Phi) is 6.15. The third kappa shape index (κ3) is 4.44. The number of carbonyl (C=O) groups is 1. The van der Waals surface area contributed by atoms with E-state index in [1.165, 1.54) is 7.11 Å². The van der Waals surface area contributed by atoms with Crippen molar-refractivity contribution in [3.8, 4) is 11.5 Å². The van der Waals surface area contributed by atoms with Gasteiger partial charge < -0.3 is 19.9 Å². The summed E-state index contributed by atoms with van der Waals surface area (Å²) in [6.07, 6.45) is 1.80. The predicted molar refractivity (Wildman–Crippen MR) is 72.3 cm³/mol. The second kappa shape index (κ2) is 7.63. The Morgan fingerprint density at radius 2 is 1.89 bits per heavy atom. The standard InChI is InChI=1S/C14H21NO4/c1-17-12-8-7-10(9-13(12)18-2)11(15)5-4-6-14(16)19-3/h7-9,11H,4-6,15H2,1-3H3. The van der Waals surface area contributed by atoms with Crippen LogP contribution in [0.4, 0.5) is 0 Å². The molecule has 1 aromatic carbocycles. The van der Waals surface area contributed by atoms with Gasteiger partial charge in [0.2, 0.25) is 0 Å². The first-order valence-electron chi connectivity index (χ1n) is 6.16. The van der Waals surface area contributed by atoms with Crippen molar-refractivity contribution in [1.29, 1.82) is 0 Å². The zero-order valence-corrected chi connectivity index (χ0v) is 11.6. The number of hydrogen-bond acceptors (Lipinski definition) is 5. The Morgan fingerprint density at radius 1 is 1.21 bits per heavy atom. The maximum atomic E-state index is 11.0. The second-order valence-electron chi connectivity index (χ2n) is 4.19. The third-order valence-corrected chi connectivity index (χ3v) is 2.96. The molecule has 106 valence electrons. The van der Waals surface area contributed by atoms with Crippen LogP contribution in [0.1, 0.15) is 30.9 Å².